The zero-order chi connectivity index (χ0) is 26.7. The number of anilines is 1. The molecule has 5 rings (SSSR count). The number of halogens is 2. The monoisotopic (exact) mass is 548 g/mol. The third-order valence-corrected chi connectivity index (χ3v) is 6.71. The number of aromatic nitrogens is 4. The van der Waals surface area contributed by atoms with Crippen molar-refractivity contribution in [2.24, 2.45) is 0 Å². The van der Waals surface area contributed by atoms with Gasteiger partial charge in [-0.05, 0) is 56.2 Å². The molecule has 1 atom stereocenters. The molecule has 2 aromatic heterocycles. The van der Waals surface area contributed by atoms with E-state index < -0.39 is 17.5 Å². The summed E-state index contributed by atoms with van der Waals surface area (Å²) in [5, 5.41) is 13.7. The van der Waals surface area contributed by atoms with Crippen LogP contribution < -0.4 is 11.1 Å². The number of likely N-dealkylation sites (N-methyl/N-ethyl adjacent to an activating group) is 1. The molecule has 0 radical (unpaired) electrons. The Balaban J connectivity index is 0.00000353. The topological polar surface area (TPSA) is 119 Å². The van der Waals surface area contributed by atoms with E-state index in [1.807, 2.05) is 37.3 Å². The number of nitrogen functional groups attached to an aromatic ring is 1. The molecule has 2 heterocycles. The van der Waals surface area contributed by atoms with Crippen LogP contribution in [-0.2, 0) is 4.79 Å². The fourth-order valence-electron chi connectivity index (χ4n) is 4.88. The third kappa shape index (κ3) is 5.87. The van der Waals surface area contributed by atoms with E-state index in [0.717, 1.165) is 19.3 Å². The van der Waals surface area contributed by atoms with Crippen LogP contribution >= 0.6 is 12.4 Å². The summed E-state index contributed by atoms with van der Waals surface area (Å²) < 4.78 is 15.9. The number of hydrogen-bond donors (Lipinski definition) is 3. The van der Waals surface area contributed by atoms with Crippen LogP contribution in [-0.4, -0.2) is 42.7 Å². The minimum absolute atomic E-state index is 0. The highest BCUT2D eigenvalue weighted by Gasteiger charge is 2.30. The Morgan fingerprint density at radius 1 is 1.13 bits per heavy atom. The molecule has 1 aliphatic carbocycles. The Hall–Kier alpha value is -4.00. The van der Waals surface area contributed by atoms with E-state index in [9.17, 15) is 14.3 Å². The number of nitrogens with one attached hydrogen (secondary N) is 1. The highest BCUT2D eigenvalue weighted by molar-refractivity contribution is 5.91. The lowest BCUT2D eigenvalue weighted by Gasteiger charge is -2.26. The van der Waals surface area contributed by atoms with Gasteiger partial charge in [-0.3, -0.25) is 9.36 Å². The Morgan fingerprint density at radius 3 is 2.56 bits per heavy atom. The van der Waals surface area contributed by atoms with E-state index >= 15 is 0 Å². The van der Waals surface area contributed by atoms with E-state index in [1.54, 1.807) is 16.7 Å². The first kappa shape index (κ1) is 28.0. The summed E-state index contributed by atoms with van der Waals surface area (Å²) in [5.74, 6) is 5.63. The molecule has 1 saturated carbocycles. The fraction of sp³-hybridized carbons (Fsp3) is 0.310. The zero-order valence-electron chi connectivity index (χ0n) is 21.5. The van der Waals surface area contributed by atoms with Gasteiger partial charge in [0.25, 0.3) is 0 Å². The Morgan fingerprint density at radius 2 is 1.87 bits per heavy atom. The normalized spacial score (nSPS) is 15.1. The summed E-state index contributed by atoms with van der Waals surface area (Å²) in [6.45, 7) is 2.25. The number of hydrogen-bond acceptors (Lipinski definition) is 6. The van der Waals surface area contributed by atoms with Crippen LogP contribution in [0.25, 0.3) is 22.6 Å². The van der Waals surface area contributed by atoms with Gasteiger partial charge >= 0.3 is 0 Å². The summed E-state index contributed by atoms with van der Waals surface area (Å²) >= 11 is 0. The molecule has 0 aliphatic heterocycles. The van der Waals surface area contributed by atoms with Crippen molar-refractivity contribution < 1.29 is 14.3 Å². The number of nitrogens with two attached hydrogens (primary N) is 1. The Kier molecular flexibility index (Phi) is 8.48. The largest absolute Gasteiger partial charge is 0.382 e. The molecule has 1 aliphatic rings. The lowest BCUT2D eigenvalue weighted by molar-refractivity contribution is -0.123. The van der Waals surface area contributed by atoms with Crippen LogP contribution in [0.2, 0.25) is 0 Å². The first-order chi connectivity index (χ1) is 18.4. The van der Waals surface area contributed by atoms with E-state index in [2.05, 4.69) is 32.1 Å². The van der Waals surface area contributed by atoms with E-state index in [1.165, 1.54) is 12.1 Å². The second-order valence-corrected chi connectivity index (χ2v) is 9.47. The molecular formula is C29H30ClFN6O2. The van der Waals surface area contributed by atoms with Gasteiger partial charge < -0.3 is 16.2 Å². The molecule has 0 spiro atoms. The number of carbonyl (C=O) groups is 1. The molecule has 4 aromatic rings. The molecule has 0 bridgehead atoms. The number of rotatable bonds is 5. The van der Waals surface area contributed by atoms with Crippen LogP contribution in [0.4, 0.5) is 10.2 Å². The molecule has 0 saturated heterocycles. The molecule has 10 heteroatoms. The van der Waals surface area contributed by atoms with Gasteiger partial charge in [0, 0.05) is 12.1 Å². The molecule has 1 amide bonds. The predicted octanol–water partition coefficient (Wildman–Crippen LogP) is 4.41. The van der Waals surface area contributed by atoms with Gasteiger partial charge in [-0.15, -0.1) is 12.4 Å². The molecular weight excluding hydrogens is 519 g/mol. The van der Waals surface area contributed by atoms with E-state index in [4.69, 9.17) is 5.73 Å². The fourth-order valence-corrected chi connectivity index (χ4v) is 4.88. The van der Waals surface area contributed by atoms with E-state index in [0.29, 0.717) is 36.3 Å². The average Bonchev–Trinajstić information content (AvgIpc) is 3.29. The highest BCUT2D eigenvalue weighted by atomic mass is 35.5. The standard InChI is InChI=1S/C29H29FN6O2.ClH/c1-2-32-28(37)24(19-10-5-3-6-11-19)36-26(20-12-9-13-21(30)18-20)35-23-25(31)33-22(34-27(23)36)14-17-29(38)15-7-4-8-16-29;/h3,5-6,9-13,18,24,38H,2,4,7-8,15-16H2,1H3,(H,32,37)(H2,31,33,34);1H. The van der Waals surface area contributed by atoms with Gasteiger partial charge in [0.2, 0.25) is 11.7 Å². The number of amides is 1. The Labute approximate surface area is 232 Å². The summed E-state index contributed by atoms with van der Waals surface area (Å²) in [6, 6.07) is 14.3. The quantitative estimate of drug-likeness (QED) is 0.318. The van der Waals surface area contributed by atoms with Crippen molar-refractivity contribution in [1.82, 2.24) is 24.8 Å². The molecule has 1 unspecified atom stereocenters. The smallest absolute Gasteiger partial charge is 0.247 e. The first-order valence-corrected chi connectivity index (χ1v) is 12.8. The van der Waals surface area contributed by atoms with Crippen molar-refractivity contribution in [2.75, 3.05) is 12.3 Å². The van der Waals surface area contributed by atoms with Crippen molar-refractivity contribution in [3.63, 3.8) is 0 Å². The van der Waals surface area contributed by atoms with Gasteiger partial charge in [0.15, 0.2) is 17.0 Å². The minimum atomic E-state index is -1.09. The van der Waals surface area contributed by atoms with Crippen molar-refractivity contribution in [1.29, 1.82) is 0 Å². The van der Waals surface area contributed by atoms with Gasteiger partial charge in [-0.2, -0.15) is 0 Å². The Bertz CT molecular complexity index is 1540. The van der Waals surface area contributed by atoms with E-state index in [-0.39, 0.29) is 41.1 Å². The predicted molar refractivity (Wildman–Crippen MR) is 151 cm³/mol. The number of benzene rings is 2. The molecule has 1 fully saturated rings. The summed E-state index contributed by atoms with van der Waals surface area (Å²) in [5.41, 5.74) is 6.95. The number of fused-ring (bicyclic) bond motifs is 1. The zero-order valence-corrected chi connectivity index (χ0v) is 22.3. The second kappa shape index (κ2) is 11.8. The maximum Gasteiger partial charge on any atom is 0.247 e. The lowest BCUT2D eigenvalue weighted by atomic mass is 9.85. The van der Waals surface area contributed by atoms with Crippen LogP contribution in [0.3, 0.4) is 0 Å². The van der Waals surface area contributed by atoms with Gasteiger partial charge in [-0.1, -0.05) is 54.8 Å². The summed E-state index contributed by atoms with van der Waals surface area (Å²) in [4.78, 5) is 27.2. The summed E-state index contributed by atoms with van der Waals surface area (Å²) in [7, 11) is 0. The lowest BCUT2D eigenvalue weighted by Crippen LogP contribution is -2.33. The number of imidazole rings is 1. The highest BCUT2D eigenvalue weighted by Crippen LogP contribution is 2.33. The molecule has 39 heavy (non-hydrogen) atoms. The van der Waals surface area contributed by atoms with Crippen LogP contribution in [0.15, 0.2) is 54.6 Å². The van der Waals surface area contributed by atoms with Crippen molar-refractivity contribution >= 4 is 35.3 Å². The molecule has 8 nitrogen and oxygen atoms in total. The van der Waals surface area contributed by atoms with Crippen LogP contribution in [0, 0.1) is 17.7 Å². The maximum absolute atomic E-state index is 14.3. The third-order valence-electron chi connectivity index (χ3n) is 6.71. The van der Waals surface area contributed by atoms with Crippen LogP contribution in [0.1, 0.15) is 56.5 Å². The second-order valence-electron chi connectivity index (χ2n) is 9.47. The summed E-state index contributed by atoms with van der Waals surface area (Å²) in [6.07, 6.45) is 4.06. The maximum atomic E-state index is 14.3. The molecule has 4 N–H and O–H groups in total. The van der Waals surface area contributed by atoms with Crippen LogP contribution in [0.5, 0.6) is 0 Å². The van der Waals surface area contributed by atoms with Gasteiger partial charge in [-0.25, -0.2) is 19.3 Å². The van der Waals surface area contributed by atoms with Crippen molar-refractivity contribution in [3.05, 3.63) is 71.8 Å². The number of nitrogens with zero attached hydrogens (tertiary/aromatic N) is 4. The van der Waals surface area contributed by atoms with Crippen molar-refractivity contribution in [3.8, 4) is 23.2 Å². The SMILES string of the molecule is CCNC(=O)C(c1ccccc1)n1c(-c2cccc(F)c2)nc2c(N)nc(C#CC3(O)CCCCC3)nc21.Cl. The average molecular weight is 549 g/mol. The minimum Gasteiger partial charge on any atom is -0.382 e. The van der Waals surface area contributed by atoms with Crippen molar-refractivity contribution in [2.45, 2.75) is 50.7 Å². The number of carbonyl (C=O) groups excluding carboxylic acids is 1. The van der Waals surface area contributed by atoms with Gasteiger partial charge in [0.05, 0.1) is 0 Å². The first-order valence-electron chi connectivity index (χ1n) is 12.8. The molecule has 2 aromatic carbocycles. The number of aliphatic hydroxyl groups is 1. The van der Waals surface area contributed by atoms with Gasteiger partial charge in [0.1, 0.15) is 23.3 Å². The molecule has 202 valence electrons.